The molecule has 0 rings (SSSR count). The summed E-state index contributed by atoms with van der Waals surface area (Å²) in [5.41, 5.74) is 0. The molecule has 0 aromatic heterocycles. The van der Waals surface area contributed by atoms with Crippen molar-refractivity contribution in [3.8, 4) is 0 Å². The highest BCUT2D eigenvalue weighted by Crippen LogP contribution is 1.86. The van der Waals surface area contributed by atoms with Crippen LogP contribution >= 0.6 is 0 Å². The standard InChI is InChI=1S/C3H3F2/c1-2-3(4)5/h3H,1H2. The Morgan fingerprint density at radius 2 is 1.80 bits per heavy atom. The van der Waals surface area contributed by atoms with Crippen LogP contribution in [0.15, 0.2) is 6.58 Å². The quantitative estimate of drug-likeness (QED) is 0.441. The molecule has 0 atom stereocenters. The van der Waals surface area contributed by atoms with Crippen molar-refractivity contribution in [1.29, 1.82) is 0 Å². The van der Waals surface area contributed by atoms with Crippen LogP contribution in [0.25, 0.3) is 0 Å². The summed E-state index contributed by atoms with van der Waals surface area (Å²) in [6.07, 6.45) is -1.03. The number of hydrogen-bond acceptors (Lipinski definition) is 0. The summed E-state index contributed by atoms with van der Waals surface area (Å²) in [5, 5.41) is 0. The normalized spacial score (nSPS) is 8.60. The molecule has 0 bridgehead atoms. The van der Waals surface area contributed by atoms with Gasteiger partial charge in [-0.3, -0.25) is 0 Å². The second kappa shape index (κ2) is 1.88. The minimum absolute atomic E-state index is 1.44. The summed E-state index contributed by atoms with van der Waals surface area (Å²) in [6, 6.07) is 0. The lowest BCUT2D eigenvalue weighted by molar-refractivity contribution is 0.196. The van der Waals surface area contributed by atoms with Crippen LogP contribution in [0.2, 0.25) is 0 Å². The fourth-order valence-electron chi connectivity index (χ4n) is 0. The lowest BCUT2D eigenvalue weighted by Crippen LogP contribution is -1.76. The molecule has 0 heterocycles. The van der Waals surface area contributed by atoms with Gasteiger partial charge >= 0.3 is 0 Å². The molecule has 0 unspecified atom stereocenters. The summed E-state index contributed by atoms with van der Waals surface area (Å²) in [4.78, 5) is 0. The highest BCUT2D eigenvalue weighted by molar-refractivity contribution is 4.54. The predicted molar refractivity (Wildman–Crippen MR) is 14.9 cm³/mol. The third-order valence-electron chi connectivity index (χ3n) is 0.154. The van der Waals surface area contributed by atoms with E-state index < -0.39 is 6.43 Å². The molecular formula is C3H3F2. The molecule has 0 nitrogen and oxygen atoms in total. The number of alkyl halides is 2. The Labute approximate surface area is 29.1 Å². The van der Waals surface area contributed by atoms with Crippen molar-refractivity contribution in [1.82, 2.24) is 0 Å². The second-order valence-corrected chi connectivity index (χ2v) is 0.505. The highest BCUT2D eigenvalue weighted by Gasteiger charge is 1.86. The molecule has 2 heteroatoms. The van der Waals surface area contributed by atoms with Gasteiger partial charge in [0, 0.05) is 6.08 Å². The highest BCUT2D eigenvalue weighted by atomic mass is 19.3. The third-order valence-corrected chi connectivity index (χ3v) is 0.154. The van der Waals surface area contributed by atoms with E-state index in [-0.39, 0.29) is 0 Å². The van der Waals surface area contributed by atoms with Crippen molar-refractivity contribution in [3.05, 3.63) is 12.7 Å². The molecule has 0 amide bonds. The van der Waals surface area contributed by atoms with E-state index >= 15 is 0 Å². The topological polar surface area (TPSA) is 0 Å². The van der Waals surface area contributed by atoms with Gasteiger partial charge in [-0.1, -0.05) is 6.58 Å². The van der Waals surface area contributed by atoms with Crippen LogP contribution < -0.4 is 0 Å². The van der Waals surface area contributed by atoms with Crippen molar-refractivity contribution in [3.63, 3.8) is 0 Å². The first-order valence-electron chi connectivity index (χ1n) is 1.08. The molecule has 0 fully saturated rings. The second-order valence-electron chi connectivity index (χ2n) is 0.505. The van der Waals surface area contributed by atoms with Gasteiger partial charge in [0.2, 0.25) is 0 Å². The first kappa shape index (κ1) is 4.60. The number of hydrogen-bond donors (Lipinski definition) is 0. The van der Waals surface area contributed by atoms with Crippen LogP contribution in [-0.2, 0) is 0 Å². The lowest BCUT2D eigenvalue weighted by Gasteiger charge is -1.73. The van der Waals surface area contributed by atoms with E-state index in [2.05, 4.69) is 6.58 Å². The zero-order chi connectivity index (χ0) is 4.28. The Morgan fingerprint density at radius 3 is 1.80 bits per heavy atom. The van der Waals surface area contributed by atoms with Crippen LogP contribution in [0.4, 0.5) is 8.78 Å². The van der Waals surface area contributed by atoms with Crippen LogP contribution in [0.1, 0.15) is 0 Å². The van der Waals surface area contributed by atoms with Crippen LogP contribution in [-0.4, -0.2) is 6.43 Å². The van der Waals surface area contributed by atoms with E-state index in [9.17, 15) is 8.78 Å². The van der Waals surface area contributed by atoms with Gasteiger partial charge in [0.25, 0.3) is 6.43 Å². The van der Waals surface area contributed by atoms with Gasteiger partial charge in [-0.25, -0.2) is 8.78 Å². The molecular weight excluding hydrogens is 74.0 g/mol. The maximum atomic E-state index is 10.6. The molecule has 1 radical (unpaired) electrons. The predicted octanol–water partition coefficient (Wildman–Crippen LogP) is 1.24. The van der Waals surface area contributed by atoms with E-state index in [1.54, 1.807) is 0 Å². The lowest BCUT2D eigenvalue weighted by atomic mass is 10.7. The maximum Gasteiger partial charge on any atom is 0.263 e. The Balaban J connectivity index is 2.83. The largest absolute Gasteiger partial charge is 0.263 e. The summed E-state index contributed by atoms with van der Waals surface area (Å²) < 4.78 is 21.2. The van der Waals surface area contributed by atoms with Crippen LogP contribution in [0.3, 0.4) is 0 Å². The van der Waals surface area contributed by atoms with Gasteiger partial charge in [-0.2, -0.15) is 0 Å². The van der Waals surface area contributed by atoms with E-state index in [0.29, 0.717) is 0 Å². The molecule has 0 aliphatic carbocycles. The van der Waals surface area contributed by atoms with Crippen LogP contribution in [0.5, 0.6) is 0 Å². The molecule has 0 aliphatic heterocycles. The van der Waals surface area contributed by atoms with Crippen molar-refractivity contribution in [2.45, 2.75) is 6.43 Å². The molecule has 0 N–H and O–H groups in total. The van der Waals surface area contributed by atoms with E-state index in [1.165, 1.54) is 6.08 Å². The van der Waals surface area contributed by atoms with Gasteiger partial charge in [0.05, 0.1) is 0 Å². The molecule has 0 spiro atoms. The monoisotopic (exact) mass is 77.0 g/mol. The van der Waals surface area contributed by atoms with Crippen molar-refractivity contribution < 1.29 is 8.78 Å². The summed E-state index contributed by atoms with van der Waals surface area (Å²) in [7, 11) is 0. The summed E-state index contributed by atoms with van der Waals surface area (Å²) in [5.74, 6) is 0. The van der Waals surface area contributed by atoms with Crippen molar-refractivity contribution in [2.24, 2.45) is 0 Å². The minimum atomic E-state index is -2.48. The van der Waals surface area contributed by atoms with Crippen molar-refractivity contribution in [2.75, 3.05) is 0 Å². The number of halogens is 2. The molecule has 0 saturated heterocycles. The third kappa shape index (κ3) is 3.60. The number of allylic oxidation sites excluding steroid dienone is 1. The maximum absolute atomic E-state index is 10.6. The number of rotatable bonds is 1. The first-order valence-corrected chi connectivity index (χ1v) is 1.08. The molecule has 0 aromatic carbocycles. The van der Waals surface area contributed by atoms with Gasteiger partial charge < -0.3 is 0 Å². The van der Waals surface area contributed by atoms with E-state index in [1.807, 2.05) is 0 Å². The average molecular weight is 77.1 g/mol. The summed E-state index contributed by atoms with van der Waals surface area (Å²) >= 11 is 0. The Morgan fingerprint density at radius 1 is 1.60 bits per heavy atom. The smallest absolute Gasteiger partial charge is 0.205 e. The zero-order valence-corrected chi connectivity index (χ0v) is 2.54. The van der Waals surface area contributed by atoms with E-state index in [4.69, 9.17) is 0 Å². The van der Waals surface area contributed by atoms with Gasteiger partial charge in [-0.15, -0.1) is 0 Å². The van der Waals surface area contributed by atoms with Crippen LogP contribution in [0, 0.1) is 6.08 Å². The Hall–Kier alpha value is -0.400. The fourth-order valence-corrected chi connectivity index (χ4v) is 0. The van der Waals surface area contributed by atoms with E-state index in [0.717, 1.165) is 0 Å². The minimum Gasteiger partial charge on any atom is -0.205 e. The van der Waals surface area contributed by atoms with Gasteiger partial charge in [0.15, 0.2) is 0 Å². The fraction of sp³-hybridized carbons (Fsp3) is 0.333. The first-order chi connectivity index (χ1) is 2.27. The molecule has 29 valence electrons. The SMILES string of the molecule is C=[C]C(F)F. The summed E-state index contributed by atoms with van der Waals surface area (Å²) in [6.45, 7) is 2.69. The Bertz CT molecular complexity index is 31.9. The molecule has 0 aliphatic rings. The van der Waals surface area contributed by atoms with Gasteiger partial charge in [0.1, 0.15) is 0 Å². The van der Waals surface area contributed by atoms with Crippen molar-refractivity contribution >= 4 is 0 Å². The zero-order valence-electron chi connectivity index (χ0n) is 2.54. The molecule has 0 saturated carbocycles. The molecule has 0 aromatic rings. The van der Waals surface area contributed by atoms with Gasteiger partial charge in [-0.05, 0) is 0 Å². The Kier molecular flexibility index (Phi) is 1.73. The molecule has 5 heavy (non-hydrogen) atoms. The average Bonchev–Trinajstić information content (AvgIpc) is 1.38.